The fourth-order valence-electron chi connectivity index (χ4n) is 5.13. The van der Waals surface area contributed by atoms with Gasteiger partial charge in [0.2, 0.25) is 0 Å². The number of rotatable bonds is 15. The largest absolute Gasteiger partial charge is 0.504 e. The summed E-state index contributed by atoms with van der Waals surface area (Å²) in [5.74, 6) is 0.818. The van der Waals surface area contributed by atoms with Gasteiger partial charge in [0.15, 0.2) is 17.3 Å². The molecule has 0 bridgehead atoms. The lowest BCUT2D eigenvalue weighted by atomic mass is 9.86. The molecule has 6 nitrogen and oxygen atoms in total. The minimum Gasteiger partial charge on any atom is -0.504 e. The third-order valence-corrected chi connectivity index (χ3v) is 7.05. The molecule has 0 amide bonds. The summed E-state index contributed by atoms with van der Waals surface area (Å²) in [6, 6.07) is 11.5. The Kier molecular flexibility index (Phi) is 16.1. The van der Waals surface area contributed by atoms with Gasteiger partial charge in [0.1, 0.15) is 5.75 Å². The normalized spacial score (nSPS) is 14.4. The molecule has 3 rings (SSSR count). The first-order chi connectivity index (χ1) is 17.0. The van der Waals surface area contributed by atoms with E-state index in [4.69, 9.17) is 4.74 Å². The lowest BCUT2D eigenvalue weighted by molar-refractivity contribution is 0.0979. The molecule has 2 aromatic rings. The fourth-order valence-corrected chi connectivity index (χ4v) is 5.13. The number of phenols is 2. The van der Waals surface area contributed by atoms with Crippen molar-refractivity contribution >= 4 is 39.7 Å². The molecule has 0 heterocycles. The van der Waals surface area contributed by atoms with E-state index in [1.807, 2.05) is 30.3 Å². The quantitative estimate of drug-likeness (QED) is 0.121. The van der Waals surface area contributed by atoms with Crippen molar-refractivity contribution in [1.29, 1.82) is 0 Å². The molecule has 1 aliphatic carbocycles. The van der Waals surface area contributed by atoms with Crippen molar-refractivity contribution in [3.8, 4) is 17.2 Å². The van der Waals surface area contributed by atoms with E-state index < -0.39 is 0 Å². The average molecular weight is 644 g/mol. The fraction of sp³-hybridized carbons (Fsp3) is 0.552. The number of fused-ring (bicyclic) bond motifs is 1. The van der Waals surface area contributed by atoms with Crippen LogP contribution < -0.4 is 10.1 Å². The van der Waals surface area contributed by atoms with Crippen LogP contribution >= 0.6 is 34.0 Å². The van der Waals surface area contributed by atoms with Crippen molar-refractivity contribution in [2.75, 3.05) is 33.3 Å². The molecule has 1 aliphatic rings. The number of ether oxygens (including phenoxy) is 1. The summed E-state index contributed by atoms with van der Waals surface area (Å²) < 4.78 is 5.28. The third-order valence-electron chi connectivity index (χ3n) is 7.05. The lowest BCUT2D eigenvalue weighted by Crippen LogP contribution is -2.40. The molecule has 0 radical (unpaired) electrons. The molecule has 37 heavy (non-hydrogen) atoms. The summed E-state index contributed by atoms with van der Waals surface area (Å²) in [5, 5.41) is 23.3. The van der Waals surface area contributed by atoms with E-state index in [9.17, 15) is 15.0 Å². The van der Waals surface area contributed by atoms with Crippen molar-refractivity contribution in [3.05, 3.63) is 53.1 Å². The summed E-state index contributed by atoms with van der Waals surface area (Å²) in [6.07, 6.45) is 9.13. The van der Waals surface area contributed by atoms with Crippen LogP contribution in [0.4, 0.5) is 0 Å². The van der Waals surface area contributed by atoms with Crippen LogP contribution in [-0.4, -0.2) is 60.2 Å². The monoisotopic (exact) mass is 642 g/mol. The van der Waals surface area contributed by atoms with Gasteiger partial charge in [0.05, 0.1) is 12.7 Å². The zero-order valence-electron chi connectivity index (χ0n) is 22.2. The first kappa shape index (κ1) is 33.4. The van der Waals surface area contributed by atoms with Gasteiger partial charge in [-0.3, -0.25) is 4.79 Å². The summed E-state index contributed by atoms with van der Waals surface area (Å²) in [4.78, 5) is 15.0. The molecular weight excluding hydrogens is 600 g/mol. The Balaban J connectivity index is 0.00000342. The predicted molar refractivity (Wildman–Crippen MR) is 161 cm³/mol. The second-order valence-electron chi connectivity index (χ2n) is 9.54. The zero-order chi connectivity index (χ0) is 25.0. The van der Waals surface area contributed by atoms with Gasteiger partial charge in [0, 0.05) is 24.6 Å². The number of unbranched alkanes of at least 4 members (excludes halogenated alkanes) is 3. The highest BCUT2D eigenvalue weighted by atomic mass is 79.9. The number of nitrogens with zero attached hydrogens (tertiary/aromatic N) is 1. The minimum absolute atomic E-state index is 0. The molecule has 2 aromatic carbocycles. The van der Waals surface area contributed by atoms with Gasteiger partial charge in [-0.2, -0.15) is 0 Å². The zero-order valence-corrected chi connectivity index (χ0v) is 25.6. The topological polar surface area (TPSA) is 82.0 Å². The van der Waals surface area contributed by atoms with E-state index >= 15 is 0 Å². The molecular formula is C29H44Br2N2O4. The first-order valence-corrected chi connectivity index (χ1v) is 13.2. The van der Waals surface area contributed by atoms with Crippen LogP contribution in [-0.2, 0) is 12.8 Å². The van der Waals surface area contributed by atoms with Gasteiger partial charge in [-0.1, -0.05) is 38.0 Å². The maximum absolute atomic E-state index is 12.4. The van der Waals surface area contributed by atoms with Gasteiger partial charge in [-0.15, -0.1) is 34.0 Å². The second kappa shape index (κ2) is 17.8. The van der Waals surface area contributed by atoms with Crippen molar-refractivity contribution in [2.24, 2.45) is 0 Å². The predicted octanol–water partition coefficient (Wildman–Crippen LogP) is 6.25. The average Bonchev–Trinajstić information content (AvgIpc) is 2.88. The molecule has 0 aromatic heterocycles. The van der Waals surface area contributed by atoms with Crippen LogP contribution in [0.25, 0.3) is 0 Å². The van der Waals surface area contributed by atoms with Gasteiger partial charge < -0.3 is 25.2 Å². The maximum atomic E-state index is 12.4. The Morgan fingerprint density at radius 1 is 1.03 bits per heavy atom. The van der Waals surface area contributed by atoms with Gasteiger partial charge in [-0.25, -0.2) is 0 Å². The highest BCUT2D eigenvalue weighted by Crippen LogP contribution is 2.36. The molecule has 0 saturated heterocycles. The number of hydrogen-bond donors (Lipinski definition) is 3. The molecule has 0 unspecified atom stereocenters. The Hall–Kier alpha value is -1.61. The third kappa shape index (κ3) is 9.89. The number of aromatic hydroxyl groups is 2. The number of carbonyl (C=O) groups is 1. The SMILES string of the molecule is Br.Br.CCCN(CCCCCCNCCC(=O)c1ccccc1OC)[C@H]1CCc2c(ccc(O)c2O)C1. The number of ketones is 1. The number of phenolic OH excluding ortho intramolecular Hbond substituents is 2. The Labute approximate surface area is 243 Å². The first-order valence-electron chi connectivity index (χ1n) is 13.2. The summed E-state index contributed by atoms with van der Waals surface area (Å²) in [6.45, 7) is 6.08. The van der Waals surface area contributed by atoms with Crippen molar-refractivity contribution in [3.63, 3.8) is 0 Å². The number of nitrogens with one attached hydrogen (secondary N) is 1. The molecule has 0 fully saturated rings. The van der Waals surface area contributed by atoms with Crippen molar-refractivity contribution < 1.29 is 19.7 Å². The number of methoxy groups -OCH3 is 1. The van der Waals surface area contributed by atoms with Gasteiger partial charge in [0.25, 0.3) is 0 Å². The van der Waals surface area contributed by atoms with E-state index in [1.54, 1.807) is 13.2 Å². The molecule has 208 valence electrons. The van der Waals surface area contributed by atoms with Crippen LogP contribution in [0.3, 0.4) is 0 Å². The molecule has 3 N–H and O–H groups in total. The lowest BCUT2D eigenvalue weighted by Gasteiger charge is -2.35. The van der Waals surface area contributed by atoms with Crippen LogP contribution in [0.2, 0.25) is 0 Å². The van der Waals surface area contributed by atoms with E-state index in [1.165, 1.54) is 24.8 Å². The number of Topliss-reactive ketones (excluding diaryl/α,β-unsaturated/α-hetero) is 1. The Morgan fingerprint density at radius 2 is 1.78 bits per heavy atom. The molecule has 1 atom stereocenters. The van der Waals surface area contributed by atoms with Gasteiger partial charge in [-0.05, 0) is 81.9 Å². The Morgan fingerprint density at radius 3 is 2.54 bits per heavy atom. The van der Waals surface area contributed by atoms with Crippen LogP contribution in [0.5, 0.6) is 17.2 Å². The Bertz CT molecular complexity index is 957. The standard InChI is InChI=1S/C29H42N2O4.2BrH/c1-3-19-31(23-13-14-24-22(21-23)12-15-27(33)29(24)34)20-9-5-4-8-17-30-18-16-26(32)25-10-6-7-11-28(25)35-2;;/h6-7,10-12,15,23,30,33-34H,3-5,8-9,13-14,16-21H2,1-2H3;2*1H/t23-;;/m0../s1. The molecule has 8 heteroatoms. The number of para-hydroxylation sites is 1. The number of carbonyl (C=O) groups excluding carboxylic acids is 1. The van der Waals surface area contributed by atoms with E-state index in [2.05, 4.69) is 17.1 Å². The molecule has 0 aliphatic heterocycles. The highest BCUT2D eigenvalue weighted by molar-refractivity contribution is 8.93. The summed E-state index contributed by atoms with van der Waals surface area (Å²) in [5.41, 5.74) is 2.76. The highest BCUT2D eigenvalue weighted by Gasteiger charge is 2.26. The van der Waals surface area contributed by atoms with E-state index in [0.717, 1.165) is 57.3 Å². The molecule has 0 saturated carbocycles. The van der Waals surface area contributed by atoms with Crippen LogP contribution in [0.15, 0.2) is 36.4 Å². The number of halogens is 2. The second-order valence-corrected chi connectivity index (χ2v) is 9.54. The van der Waals surface area contributed by atoms with E-state index in [-0.39, 0.29) is 51.2 Å². The minimum atomic E-state index is -0.00914. The maximum Gasteiger partial charge on any atom is 0.167 e. The van der Waals surface area contributed by atoms with Crippen LogP contribution in [0.1, 0.15) is 73.4 Å². The summed E-state index contributed by atoms with van der Waals surface area (Å²) >= 11 is 0. The number of benzene rings is 2. The van der Waals surface area contributed by atoms with Crippen molar-refractivity contribution in [2.45, 2.75) is 70.8 Å². The van der Waals surface area contributed by atoms with Crippen molar-refractivity contribution in [1.82, 2.24) is 10.2 Å². The summed E-state index contributed by atoms with van der Waals surface area (Å²) in [7, 11) is 1.60. The van der Waals surface area contributed by atoms with Crippen LogP contribution in [0, 0.1) is 0 Å². The molecule has 0 spiro atoms. The van der Waals surface area contributed by atoms with Gasteiger partial charge >= 0.3 is 0 Å². The number of hydrogen-bond acceptors (Lipinski definition) is 6. The smallest absolute Gasteiger partial charge is 0.167 e. The van der Waals surface area contributed by atoms with E-state index in [0.29, 0.717) is 30.3 Å².